The lowest BCUT2D eigenvalue weighted by atomic mass is 10.2. The van der Waals surface area contributed by atoms with Crippen LogP contribution in [0.2, 0.25) is 0 Å². The number of rotatable bonds is 5. The molecule has 4 heteroatoms. The molecule has 0 bridgehead atoms. The predicted molar refractivity (Wildman–Crippen MR) is 72.6 cm³/mol. The first-order valence-corrected chi connectivity index (χ1v) is 6.25. The van der Waals surface area contributed by atoms with E-state index >= 15 is 0 Å². The molecule has 0 aliphatic heterocycles. The first-order valence-electron chi connectivity index (χ1n) is 6.25. The van der Waals surface area contributed by atoms with Crippen LogP contribution in [0.15, 0.2) is 30.6 Å². The second-order valence-electron chi connectivity index (χ2n) is 4.18. The number of pyridine rings is 1. The van der Waals surface area contributed by atoms with Gasteiger partial charge in [-0.15, -0.1) is 0 Å². The number of aromatic nitrogens is 3. The Morgan fingerprint density at radius 1 is 1.28 bits per heavy atom. The molecule has 0 fully saturated rings. The van der Waals surface area contributed by atoms with Gasteiger partial charge in [-0.25, -0.2) is 9.97 Å². The highest BCUT2D eigenvalue weighted by molar-refractivity contribution is 5.36. The molecular weight excluding hydrogens is 224 g/mol. The number of aryl methyl sites for hydroxylation is 2. The fraction of sp³-hybridized carbons (Fsp3) is 0.357. The van der Waals surface area contributed by atoms with Gasteiger partial charge in [0.15, 0.2) is 0 Å². The molecule has 4 nitrogen and oxygen atoms in total. The summed E-state index contributed by atoms with van der Waals surface area (Å²) in [4.78, 5) is 12.8. The molecule has 18 heavy (non-hydrogen) atoms. The molecule has 2 heterocycles. The van der Waals surface area contributed by atoms with Crippen molar-refractivity contribution in [3.8, 4) is 0 Å². The van der Waals surface area contributed by atoms with E-state index in [1.807, 2.05) is 25.3 Å². The molecule has 0 saturated heterocycles. The van der Waals surface area contributed by atoms with Crippen LogP contribution >= 0.6 is 0 Å². The first-order chi connectivity index (χ1) is 8.78. The minimum Gasteiger partial charge on any atom is -0.370 e. The molecule has 0 spiro atoms. The maximum absolute atomic E-state index is 4.38. The van der Waals surface area contributed by atoms with Crippen molar-refractivity contribution < 1.29 is 0 Å². The third-order valence-electron chi connectivity index (χ3n) is 2.70. The van der Waals surface area contributed by atoms with Crippen molar-refractivity contribution in [1.29, 1.82) is 0 Å². The SMILES string of the molecule is CCc1cc(NCCc2cccnc2)nc(C)n1. The summed E-state index contributed by atoms with van der Waals surface area (Å²) in [5.41, 5.74) is 2.30. The average Bonchev–Trinajstić information content (AvgIpc) is 2.39. The van der Waals surface area contributed by atoms with Crippen molar-refractivity contribution in [3.63, 3.8) is 0 Å². The third kappa shape index (κ3) is 3.52. The van der Waals surface area contributed by atoms with E-state index in [1.165, 1.54) is 5.56 Å². The highest BCUT2D eigenvalue weighted by atomic mass is 15.0. The lowest BCUT2D eigenvalue weighted by molar-refractivity contribution is 0.930. The van der Waals surface area contributed by atoms with Crippen molar-refractivity contribution in [2.24, 2.45) is 0 Å². The Kier molecular flexibility index (Phi) is 4.23. The summed E-state index contributed by atoms with van der Waals surface area (Å²) in [7, 11) is 0. The third-order valence-corrected chi connectivity index (χ3v) is 2.70. The van der Waals surface area contributed by atoms with Crippen LogP contribution in [0.25, 0.3) is 0 Å². The first kappa shape index (κ1) is 12.5. The zero-order valence-corrected chi connectivity index (χ0v) is 10.8. The lowest BCUT2D eigenvalue weighted by Gasteiger charge is -2.07. The molecule has 1 N–H and O–H groups in total. The fourth-order valence-corrected chi connectivity index (χ4v) is 1.78. The maximum Gasteiger partial charge on any atom is 0.129 e. The Labute approximate surface area is 108 Å². The Hall–Kier alpha value is -1.97. The van der Waals surface area contributed by atoms with Crippen molar-refractivity contribution >= 4 is 5.82 Å². The van der Waals surface area contributed by atoms with E-state index in [2.05, 4.69) is 33.3 Å². The summed E-state index contributed by atoms with van der Waals surface area (Å²) >= 11 is 0. The molecule has 0 unspecified atom stereocenters. The van der Waals surface area contributed by atoms with Gasteiger partial charge in [-0.3, -0.25) is 4.98 Å². The lowest BCUT2D eigenvalue weighted by Crippen LogP contribution is -2.08. The molecule has 0 aliphatic carbocycles. The van der Waals surface area contributed by atoms with Crippen LogP contribution in [0, 0.1) is 6.92 Å². The second-order valence-corrected chi connectivity index (χ2v) is 4.18. The van der Waals surface area contributed by atoms with E-state index in [9.17, 15) is 0 Å². The number of hydrogen-bond donors (Lipinski definition) is 1. The molecule has 2 aromatic rings. The van der Waals surface area contributed by atoms with E-state index in [0.29, 0.717) is 0 Å². The summed E-state index contributed by atoms with van der Waals surface area (Å²) in [5.74, 6) is 1.72. The minimum atomic E-state index is 0.818. The highest BCUT2D eigenvalue weighted by Crippen LogP contribution is 2.07. The standard InChI is InChI=1S/C14H18N4/c1-3-13-9-14(18-11(2)17-13)16-8-6-12-5-4-7-15-10-12/h4-5,7,9-10H,3,6,8H2,1-2H3,(H,16,17,18). The zero-order chi connectivity index (χ0) is 12.8. The van der Waals surface area contributed by atoms with Crippen molar-refractivity contribution in [1.82, 2.24) is 15.0 Å². The molecule has 0 atom stereocenters. The summed E-state index contributed by atoms with van der Waals surface area (Å²) in [5, 5.41) is 3.33. The quantitative estimate of drug-likeness (QED) is 0.874. The van der Waals surface area contributed by atoms with Crippen LogP contribution in [0.4, 0.5) is 5.82 Å². The van der Waals surface area contributed by atoms with E-state index in [4.69, 9.17) is 0 Å². The molecule has 0 aliphatic rings. The van der Waals surface area contributed by atoms with Gasteiger partial charge in [0.2, 0.25) is 0 Å². The topological polar surface area (TPSA) is 50.7 Å². The molecule has 0 saturated carbocycles. The number of nitrogens with zero attached hydrogens (tertiary/aromatic N) is 3. The average molecular weight is 242 g/mol. The Morgan fingerprint density at radius 2 is 2.17 bits per heavy atom. The predicted octanol–water partition coefficient (Wildman–Crippen LogP) is 2.40. The smallest absolute Gasteiger partial charge is 0.129 e. The highest BCUT2D eigenvalue weighted by Gasteiger charge is 2.00. The molecule has 0 aromatic carbocycles. The van der Waals surface area contributed by atoms with Crippen molar-refractivity contribution in [2.45, 2.75) is 26.7 Å². The van der Waals surface area contributed by atoms with Crippen LogP contribution in [-0.4, -0.2) is 21.5 Å². The summed E-state index contributed by atoms with van der Waals surface area (Å²) in [6, 6.07) is 6.05. The van der Waals surface area contributed by atoms with Gasteiger partial charge in [0.25, 0.3) is 0 Å². The van der Waals surface area contributed by atoms with Crippen LogP contribution in [0.5, 0.6) is 0 Å². The monoisotopic (exact) mass is 242 g/mol. The van der Waals surface area contributed by atoms with Crippen LogP contribution in [0.3, 0.4) is 0 Å². The summed E-state index contributed by atoms with van der Waals surface area (Å²) in [6.45, 7) is 4.87. The van der Waals surface area contributed by atoms with Crippen molar-refractivity contribution in [2.75, 3.05) is 11.9 Å². The van der Waals surface area contributed by atoms with E-state index in [-0.39, 0.29) is 0 Å². The van der Waals surface area contributed by atoms with Gasteiger partial charge in [-0.05, 0) is 31.4 Å². The molecule has 94 valence electrons. The van der Waals surface area contributed by atoms with Gasteiger partial charge >= 0.3 is 0 Å². The largest absolute Gasteiger partial charge is 0.370 e. The van der Waals surface area contributed by atoms with Gasteiger partial charge in [0.05, 0.1) is 0 Å². The van der Waals surface area contributed by atoms with Gasteiger partial charge in [-0.1, -0.05) is 13.0 Å². The molecule has 0 radical (unpaired) electrons. The van der Waals surface area contributed by atoms with Gasteiger partial charge in [0, 0.05) is 30.7 Å². The fourth-order valence-electron chi connectivity index (χ4n) is 1.78. The molecular formula is C14H18N4. The van der Waals surface area contributed by atoms with E-state index in [0.717, 1.165) is 36.7 Å². The van der Waals surface area contributed by atoms with Crippen LogP contribution in [0.1, 0.15) is 24.0 Å². The maximum atomic E-state index is 4.38. The normalized spacial score (nSPS) is 10.3. The van der Waals surface area contributed by atoms with Crippen LogP contribution < -0.4 is 5.32 Å². The minimum absolute atomic E-state index is 0.818. The Bertz CT molecular complexity index is 496. The van der Waals surface area contributed by atoms with Crippen molar-refractivity contribution in [3.05, 3.63) is 47.7 Å². The Morgan fingerprint density at radius 3 is 2.89 bits per heavy atom. The number of nitrogens with one attached hydrogen (secondary N) is 1. The molecule has 2 aromatic heterocycles. The van der Waals surface area contributed by atoms with Gasteiger partial charge in [-0.2, -0.15) is 0 Å². The summed E-state index contributed by atoms with van der Waals surface area (Å²) < 4.78 is 0. The van der Waals surface area contributed by atoms with Crippen LogP contribution in [-0.2, 0) is 12.8 Å². The van der Waals surface area contributed by atoms with Gasteiger partial charge < -0.3 is 5.32 Å². The zero-order valence-electron chi connectivity index (χ0n) is 10.8. The summed E-state index contributed by atoms with van der Waals surface area (Å²) in [6.07, 6.45) is 5.56. The molecule has 2 rings (SSSR count). The second kappa shape index (κ2) is 6.10. The van der Waals surface area contributed by atoms with E-state index in [1.54, 1.807) is 6.20 Å². The Balaban J connectivity index is 1.92. The molecule has 0 amide bonds. The number of hydrogen-bond acceptors (Lipinski definition) is 4. The number of anilines is 1. The van der Waals surface area contributed by atoms with Gasteiger partial charge in [0.1, 0.15) is 11.6 Å². The van der Waals surface area contributed by atoms with E-state index < -0.39 is 0 Å².